The number of allylic oxidation sites excluding steroid dienone is 1. The number of fused-ring (bicyclic) bond motifs is 1. The highest BCUT2D eigenvalue weighted by Gasteiger charge is 2.27. The van der Waals surface area contributed by atoms with Crippen LogP contribution in [-0.2, 0) is 0 Å². The summed E-state index contributed by atoms with van der Waals surface area (Å²) in [5, 5.41) is 3.47. The lowest BCUT2D eigenvalue weighted by molar-refractivity contribution is 0.0602. The standard InChI is InChI=1S/C15H21NO2/c1-3-5-8-12(16-4-2)15-11-17-13-9-6-7-10-14(13)18-15/h3,6-7,9-10,12,15-16H,1,4-5,8,11H2,2H3. The lowest BCUT2D eigenvalue weighted by Crippen LogP contribution is -2.47. The van der Waals surface area contributed by atoms with Crippen LogP contribution in [0.3, 0.4) is 0 Å². The summed E-state index contributed by atoms with van der Waals surface area (Å²) in [5.74, 6) is 1.68. The zero-order chi connectivity index (χ0) is 12.8. The van der Waals surface area contributed by atoms with Crippen LogP contribution >= 0.6 is 0 Å². The number of rotatable bonds is 6. The smallest absolute Gasteiger partial charge is 0.161 e. The van der Waals surface area contributed by atoms with Gasteiger partial charge in [0.25, 0.3) is 0 Å². The molecule has 1 heterocycles. The molecule has 0 aromatic heterocycles. The number of para-hydroxylation sites is 2. The molecule has 0 radical (unpaired) electrons. The van der Waals surface area contributed by atoms with E-state index in [4.69, 9.17) is 9.47 Å². The first kappa shape index (κ1) is 13.0. The van der Waals surface area contributed by atoms with Crippen LogP contribution in [0.1, 0.15) is 19.8 Å². The minimum absolute atomic E-state index is 0.0693. The first-order chi connectivity index (χ1) is 8.85. The highest BCUT2D eigenvalue weighted by molar-refractivity contribution is 5.40. The van der Waals surface area contributed by atoms with E-state index >= 15 is 0 Å². The molecular formula is C15H21NO2. The molecule has 1 aliphatic heterocycles. The Morgan fingerprint density at radius 1 is 1.44 bits per heavy atom. The summed E-state index contributed by atoms with van der Waals surface area (Å²) in [6.07, 6.45) is 4.02. The SMILES string of the molecule is C=CCCC(NCC)C1COc2ccccc2O1. The Kier molecular flexibility index (Phi) is 4.65. The van der Waals surface area contributed by atoms with E-state index in [0.717, 1.165) is 30.9 Å². The number of hydrogen-bond acceptors (Lipinski definition) is 3. The molecule has 0 spiro atoms. The van der Waals surface area contributed by atoms with Crippen molar-refractivity contribution in [2.75, 3.05) is 13.2 Å². The normalized spacial score (nSPS) is 19.3. The van der Waals surface area contributed by atoms with Crippen LogP contribution in [0, 0.1) is 0 Å². The van der Waals surface area contributed by atoms with E-state index in [-0.39, 0.29) is 6.10 Å². The monoisotopic (exact) mass is 247 g/mol. The van der Waals surface area contributed by atoms with Crippen molar-refractivity contribution in [2.24, 2.45) is 0 Å². The number of likely N-dealkylation sites (N-methyl/N-ethyl adjacent to an activating group) is 1. The summed E-state index contributed by atoms with van der Waals surface area (Å²) in [7, 11) is 0. The average Bonchev–Trinajstić information content (AvgIpc) is 2.43. The van der Waals surface area contributed by atoms with E-state index in [1.165, 1.54) is 0 Å². The predicted molar refractivity (Wildman–Crippen MR) is 73.2 cm³/mol. The van der Waals surface area contributed by atoms with Gasteiger partial charge < -0.3 is 14.8 Å². The summed E-state index contributed by atoms with van der Waals surface area (Å²) in [5.41, 5.74) is 0. The molecule has 0 saturated heterocycles. The van der Waals surface area contributed by atoms with Crippen molar-refractivity contribution in [1.82, 2.24) is 5.32 Å². The van der Waals surface area contributed by atoms with Gasteiger partial charge in [-0.2, -0.15) is 0 Å². The average molecular weight is 247 g/mol. The Morgan fingerprint density at radius 3 is 2.94 bits per heavy atom. The topological polar surface area (TPSA) is 30.5 Å². The van der Waals surface area contributed by atoms with Crippen LogP contribution in [0.15, 0.2) is 36.9 Å². The maximum atomic E-state index is 6.02. The van der Waals surface area contributed by atoms with Crippen molar-refractivity contribution >= 4 is 0 Å². The number of ether oxygens (including phenoxy) is 2. The zero-order valence-corrected chi connectivity index (χ0v) is 10.9. The maximum Gasteiger partial charge on any atom is 0.161 e. The molecule has 18 heavy (non-hydrogen) atoms. The molecule has 98 valence electrons. The van der Waals surface area contributed by atoms with Crippen molar-refractivity contribution in [3.63, 3.8) is 0 Å². The predicted octanol–water partition coefficient (Wildman–Crippen LogP) is 2.77. The van der Waals surface area contributed by atoms with Gasteiger partial charge in [-0.05, 0) is 31.5 Å². The van der Waals surface area contributed by atoms with Gasteiger partial charge in [0.1, 0.15) is 12.7 Å². The molecule has 1 N–H and O–H groups in total. The fraction of sp³-hybridized carbons (Fsp3) is 0.467. The van der Waals surface area contributed by atoms with Gasteiger partial charge in [0.15, 0.2) is 11.5 Å². The first-order valence-corrected chi connectivity index (χ1v) is 6.58. The Morgan fingerprint density at radius 2 is 2.22 bits per heavy atom. The summed E-state index contributed by atoms with van der Waals surface area (Å²) in [6.45, 7) is 7.42. The second-order valence-electron chi connectivity index (χ2n) is 4.44. The van der Waals surface area contributed by atoms with E-state index in [1.54, 1.807) is 0 Å². The molecule has 2 unspecified atom stereocenters. The Labute approximate surface area is 109 Å². The molecule has 0 aliphatic carbocycles. The van der Waals surface area contributed by atoms with Crippen molar-refractivity contribution in [3.8, 4) is 11.5 Å². The fourth-order valence-corrected chi connectivity index (χ4v) is 2.21. The highest BCUT2D eigenvalue weighted by Crippen LogP contribution is 2.32. The van der Waals surface area contributed by atoms with Crippen molar-refractivity contribution in [2.45, 2.75) is 31.9 Å². The van der Waals surface area contributed by atoms with E-state index in [0.29, 0.717) is 12.6 Å². The van der Waals surface area contributed by atoms with Gasteiger partial charge in [-0.15, -0.1) is 6.58 Å². The highest BCUT2D eigenvalue weighted by atomic mass is 16.6. The van der Waals surface area contributed by atoms with Gasteiger partial charge in [-0.25, -0.2) is 0 Å². The van der Waals surface area contributed by atoms with Crippen LogP contribution in [0.4, 0.5) is 0 Å². The Bertz CT molecular complexity index is 392. The van der Waals surface area contributed by atoms with Crippen LogP contribution in [-0.4, -0.2) is 25.3 Å². The van der Waals surface area contributed by atoms with Crippen LogP contribution in [0.5, 0.6) is 11.5 Å². The molecule has 3 nitrogen and oxygen atoms in total. The van der Waals surface area contributed by atoms with E-state index in [9.17, 15) is 0 Å². The van der Waals surface area contributed by atoms with E-state index in [1.807, 2.05) is 30.3 Å². The lowest BCUT2D eigenvalue weighted by Gasteiger charge is -2.32. The second-order valence-corrected chi connectivity index (χ2v) is 4.44. The van der Waals surface area contributed by atoms with Crippen molar-refractivity contribution < 1.29 is 9.47 Å². The van der Waals surface area contributed by atoms with E-state index in [2.05, 4.69) is 18.8 Å². The minimum Gasteiger partial charge on any atom is -0.486 e. The third-order valence-corrected chi connectivity index (χ3v) is 3.13. The molecule has 0 amide bonds. The zero-order valence-electron chi connectivity index (χ0n) is 10.9. The molecule has 0 bridgehead atoms. The number of nitrogens with one attached hydrogen (secondary N) is 1. The number of hydrogen-bond donors (Lipinski definition) is 1. The molecule has 1 aromatic rings. The van der Waals surface area contributed by atoms with E-state index < -0.39 is 0 Å². The summed E-state index contributed by atoms with van der Waals surface area (Å²) in [4.78, 5) is 0. The second kappa shape index (κ2) is 6.45. The number of benzene rings is 1. The summed E-state index contributed by atoms with van der Waals surface area (Å²) >= 11 is 0. The van der Waals surface area contributed by atoms with Gasteiger partial charge in [-0.1, -0.05) is 25.1 Å². The van der Waals surface area contributed by atoms with Crippen LogP contribution in [0.25, 0.3) is 0 Å². The molecule has 1 aromatic carbocycles. The maximum absolute atomic E-state index is 6.02. The molecular weight excluding hydrogens is 226 g/mol. The van der Waals surface area contributed by atoms with Gasteiger partial charge >= 0.3 is 0 Å². The Hall–Kier alpha value is -1.48. The largest absolute Gasteiger partial charge is 0.486 e. The molecule has 1 aliphatic rings. The summed E-state index contributed by atoms with van der Waals surface area (Å²) in [6, 6.07) is 8.13. The molecule has 0 fully saturated rings. The van der Waals surface area contributed by atoms with Crippen molar-refractivity contribution in [1.29, 1.82) is 0 Å². The molecule has 2 rings (SSSR count). The first-order valence-electron chi connectivity index (χ1n) is 6.58. The van der Waals surface area contributed by atoms with Gasteiger partial charge in [-0.3, -0.25) is 0 Å². The summed E-state index contributed by atoms with van der Waals surface area (Å²) < 4.78 is 11.8. The quantitative estimate of drug-likeness (QED) is 0.784. The van der Waals surface area contributed by atoms with Gasteiger partial charge in [0, 0.05) is 6.04 Å². The van der Waals surface area contributed by atoms with Gasteiger partial charge in [0.2, 0.25) is 0 Å². The van der Waals surface area contributed by atoms with Gasteiger partial charge in [0.05, 0.1) is 0 Å². The van der Waals surface area contributed by atoms with Crippen molar-refractivity contribution in [3.05, 3.63) is 36.9 Å². The Balaban J connectivity index is 2.02. The minimum atomic E-state index is 0.0693. The molecule has 0 saturated carbocycles. The fourth-order valence-electron chi connectivity index (χ4n) is 2.21. The third kappa shape index (κ3) is 3.05. The van der Waals surface area contributed by atoms with Crippen LogP contribution in [0.2, 0.25) is 0 Å². The molecule has 2 atom stereocenters. The lowest BCUT2D eigenvalue weighted by atomic mass is 10.0. The molecule has 3 heteroatoms. The third-order valence-electron chi connectivity index (χ3n) is 3.13. The van der Waals surface area contributed by atoms with Crippen LogP contribution < -0.4 is 14.8 Å².